The van der Waals surface area contributed by atoms with Gasteiger partial charge in [-0.1, -0.05) is 19.1 Å². The molecular formula is C14H22N2O2. The van der Waals surface area contributed by atoms with Crippen LogP contribution in [0.1, 0.15) is 18.1 Å². The smallest absolute Gasteiger partial charge is 0.236 e. The summed E-state index contributed by atoms with van der Waals surface area (Å²) in [5.74, 6) is 0.901. The predicted octanol–water partition coefficient (Wildman–Crippen LogP) is 1.44. The second-order valence-electron chi connectivity index (χ2n) is 4.28. The standard InChI is InChI=1S/C14H22N2O2/c1-5-11-6-7-13(18-4)12(8-11)10-16(3)14(17)9-15-2/h6-8,15H,5,9-10H2,1-4H3. The monoisotopic (exact) mass is 250 g/mol. The predicted molar refractivity (Wildman–Crippen MR) is 72.8 cm³/mol. The maximum absolute atomic E-state index is 11.7. The molecule has 0 spiro atoms. The molecule has 1 rings (SSSR count). The highest BCUT2D eigenvalue weighted by Crippen LogP contribution is 2.21. The highest BCUT2D eigenvalue weighted by molar-refractivity contribution is 5.78. The van der Waals surface area contributed by atoms with E-state index in [9.17, 15) is 4.79 Å². The van der Waals surface area contributed by atoms with Gasteiger partial charge in [-0.05, 0) is 25.1 Å². The van der Waals surface area contributed by atoms with Gasteiger partial charge in [0.05, 0.1) is 13.7 Å². The number of amides is 1. The second kappa shape index (κ2) is 7.01. The van der Waals surface area contributed by atoms with Crippen LogP contribution in [0.2, 0.25) is 0 Å². The molecule has 0 unspecified atom stereocenters. The minimum Gasteiger partial charge on any atom is -0.496 e. The van der Waals surface area contributed by atoms with Crippen molar-refractivity contribution in [1.29, 1.82) is 0 Å². The molecule has 4 nitrogen and oxygen atoms in total. The van der Waals surface area contributed by atoms with Gasteiger partial charge in [0.2, 0.25) is 5.91 Å². The van der Waals surface area contributed by atoms with Gasteiger partial charge in [-0.15, -0.1) is 0 Å². The zero-order chi connectivity index (χ0) is 13.5. The number of ether oxygens (including phenoxy) is 1. The summed E-state index contributed by atoms with van der Waals surface area (Å²) in [5.41, 5.74) is 2.30. The number of hydrogen-bond donors (Lipinski definition) is 1. The lowest BCUT2D eigenvalue weighted by Gasteiger charge is -2.19. The van der Waals surface area contributed by atoms with Crippen molar-refractivity contribution in [2.45, 2.75) is 19.9 Å². The number of aryl methyl sites for hydroxylation is 1. The first-order valence-corrected chi connectivity index (χ1v) is 6.16. The molecule has 0 bridgehead atoms. The Morgan fingerprint density at radius 2 is 2.17 bits per heavy atom. The van der Waals surface area contributed by atoms with Crippen LogP contribution < -0.4 is 10.1 Å². The molecule has 0 atom stereocenters. The molecule has 1 N–H and O–H groups in total. The largest absolute Gasteiger partial charge is 0.496 e. The highest BCUT2D eigenvalue weighted by Gasteiger charge is 2.11. The van der Waals surface area contributed by atoms with Crippen LogP contribution in [0.3, 0.4) is 0 Å². The van der Waals surface area contributed by atoms with Gasteiger partial charge in [-0.25, -0.2) is 0 Å². The van der Waals surface area contributed by atoms with Crippen molar-refractivity contribution in [3.63, 3.8) is 0 Å². The van der Waals surface area contributed by atoms with Crippen LogP contribution in [0, 0.1) is 0 Å². The van der Waals surface area contributed by atoms with Crippen molar-refractivity contribution in [2.24, 2.45) is 0 Å². The fourth-order valence-corrected chi connectivity index (χ4v) is 1.81. The van der Waals surface area contributed by atoms with E-state index in [1.54, 1.807) is 26.1 Å². The van der Waals surface area contributed by atoms with E-state index in [-0.39, 0.29) is 5.91 Å². The minimum absolute atomic E-state index is 0.0708. The first-order chi connectivity index (χ1) is 8.62. The Hall–Kier alpha value is -1.55. The molecule has 18 heavy (non-hydrogen) atoms. The maximum Gasteiger partial charge on any atom is 0.236 e. The maximum atomic E-state index is 11.7. The molecule has 1 amide bonds. The first kappa shape index (κ1) is 14.5. The molecule has 4 heteroatoms. The van der Waals surface area contributed by atoms with Gasteiger partial charge in [-0.3, -0.25) is 4.79 Å². The Morgan fingerprint density at radius 1 is 1.44 bits per heavy atom. The molecule has 0 aliphatic carbocycles. The van der Waals surface area contributed by atoms with E-state index in [4.69, 9.17) is 4.74 Å². The fourth-order valence-electron chi connectivity index (χ4n) is 1.81. The molecule has 100 valence electrons. The highest BCUT2D eigenvalue weighted by atomic mass is 16.5. The first-order valence-electron chi connectivity index (χ1n) is 6.16. The van der Waals surface area contributed by atoms with E-state index in [1.807, 2.05) is 6.07 Å². The van der Waals surface area contributed by atoms with Crippen molar-refractivity contribution >= 4 is 5.91 Å². The van der Waals surface area contributed by atoms with E-state index in [1.165, 1.54) is 5.56 Å². The molecule has 1 aromatic rings. The number of rotatable bonds is 6. The van der Waals surface area contributed by atoms with E-state index >= 15 is 0 Å². The van der Waals surface area contributed by atoms with Gasteiger partial charge >= 0.3 is 0 Å². The van der Waals surface area contributed by atoms with Crippen molar-refractivity contribution in [3.8, 4) is 5.75 Å². The Balaban J connectivity index is 2.84. The van der Waals surface area contributed by atoms with Gasteiger partial charge in [0.15, 0.2) is 0 Å². The zero-order valence-electron chi connectivity index (χ0n) is 11.6. The molecule has 0 radical (unpaired) electrons. The Labute approximate surface area is 109 Å². The van der Waals surface area contributed by atoms with E-state index < -0.39 is 0 Å². The number of benzene rings is 1. The molecule has 0 heterocycles. The van der Waals surface area contributed by atoms with Crippen LogP contribution in [-0.2, 0) is 17.8 Å². The van der Waals surface area contributed by atoms with Crippen LogP contribution in [0.5, 0.6) is 5.75 Å². The number of nitrogens with one attached hydrogen (secondary N) is 1. The summed E-state index contributed by atoms with van der Waals surface area (Å²) in [7, 11) is 5.22. The number of hydrogen-bond acceptors (Lipinski definition) is 3. The van der Waals surface area contributed by atoms with Gasteiger partial charge in [-0.2, -0.15) is 0 Å². The number of carbonyl (C=O) groups excluding carboxylic acids is 1. The summed E-state index contributed by atoms with van der Waals surface area (Å²) in [4.78, 5) is 13.4. The quantitative estimate of drug-likeness (QED) is 0.830. The van der Waals surface area contributed by atoms with Crippen LogP contribution in [-0.4, -0.2) is 38.6 Å². The van der Waals surface area contributed by atoms with Crippen molar-refractivity contribution in [1.82, 2.24) is 10.2 Å². The number of carbonyl (C=O) groups is 1. The average Bonchev–Trinajstić information content (AvgIpc) is 2.38. The van der Waals surface area contributed by atoms with E-state index in [2.05, 4.69) is 24.4 Å². The molecule has 1 aromatic carbocycles. The molecule has 0 aromatic heterocycles. The topological polar surface area (TPSA) is 41.6 Å². The van der Waals surface area contributed by atoms with Crippen LogP contribution in [0.4, 0.5) is 0 Å². The number of methoxy groups -OCH3 is 1. The molecule has 0 fully saturated rings. The SMILES string of the molecule is CCc1ccc(OC)c(CN(C)C(=O)CNC)c1. The summed E-state index contributed by atoms with van der Waals surface area (Å²) in [6, 6.07) is 6.12. The molecule has 0 aliphatic rings. The lowest BCUT2D eigenvalue weighted by Crippen LogP contribution is -2.33. The van der Waals surface area contributed by atoms with Crippen molar-refractivity contribution in [3.05, 3.63) is 29.3 Å². The van der Waals surface area contributed by atoms with Crippen LogP contribution in [0.15, 0.2) is 18.2 Å². The van der Waals surface area contributed by atoms with E-state index in [0.717, 1.165) is 17.7 Å². The van der Waals surface area contributed by atoms with Gasteiger partial charge in [0.25, 0.3) is 0 Å². The third kappa shape index (κ3) is 3.74. The summed E-state index contributed by atoms with van der Waals surface area (Å²) in [6.45, 7) is 3.03. The summed E-state index contributed by atoms with van der Waals surface area (Å²) < 4.78 is 5.33. The lowest BCUT2D eigenvalue weighted by atomic mass is 10.1. The second-order valence-corrected chi connectivity index (χ2v) is 4.28. The fraction of sp³-hybridized carbons (Fsp3) is 0.500. The van der Waals surface area contributed by atoms with E-state index in [0.29, 0.717) is 13.1 Å². The third-order valence-corrected chi connectivity index (χ3v) is 2.91. The third-order valence-electron chi connectivity index (χ3n) is 2.91. The Kier molecular flexibility index (Phi) is 5.65. The van der Waals surface area contributed by atoms with Crippen LogP contribution in [0.25, 0.3) is 0 Å². The summed E-state index contributed by atoms with van der Waals surface area (Å²) >= 11 is 0. The van der Waals surface area contributed by atoms with Crippen molar-refractivity contribution in [2.75, 3.05) is 27.7 Å². The van der Waals surface area contributed by atoms with Crippen molar-refractivity contribution < 1.29 is 9.53 Å². The Bertz CT molecular complexity index is 405. The zero-order valence-corrected chi connectivity index (χ0v) is 11.6. The van der Waals surface area contributed by atoms with Gasteiger partial charge < -0.3 is 15.0 Å². The molecular weight excluding hydrogens is 228 g/mol. The minimum atomic E-state index is 0.0708. The van der Waals surface area contributed by atoms with Gasteiger partial charge in [0.1, 0.15) is 5.75 Å². The summed E-state index contributed by atoms with van der Waals surface area (Å²) in [5, 5.41) is 2.86. The number of nitrogens with zero attached hydrogens (tertiary/aromatic N) is 1. The Morgan fingerprint density at radius 3 is 2.72 bits per heavy atom. The molecule has 0 saturated carbocycles. The molecule has 0 saturated heterocycles. The normalized spacial score (nSPS) is 10.2. The van der Waals surface area contributed by atoms with Gasteiger partial charge in [0, 0.05) is 19.2 Å². The molecule has 0 aliphatic heterocycles. The number of likely N-dealkylation sites (N-methyl/N-ethyl adjacent to an activating group) is 2. The summed E-state index contributed by atoms with van der Waals surface area (Å²) in [6.07, 6.45) is 0.977. The van der Waals surface area contributed by atoms with Crippen LogP contribution >= 0.6 is 0 Å². The lowest BCUT2D eigenvalue weighted by molar-refractivity contribution is -0.129. The average molecular weight is 250 g/mol.